The summed E-state index contributed by atoms with van der Waals surface area (Å²) in [6, 6.07) is 2.71. The van der Waals surface area contributed by atoms with Crippen molar-refractivity contribution in [3.8, 4) is 0 Å². The summed E-state index contributed by atoms with van der Waals surface area (Å²) >= 11 is 0. The molecule has 1 aromatic heterocycles. The highest BCUT2D eigenvalue weighted by Gasteiger charge is 2.23. The molecule has 1 fully saturated rings. The van der Waals surface area contributed by atoms with Gasteiger partial charge in [-0.05, 0) is 38.5 Å². The van der Waals surface area contributed by atoms with Crippen molar-refractivity contribution in [1.82, 2.24) is 9.97 Å². The zero-order chi connectivity index (χ0) is 15.4. The molecule has 0 aromatic carbocycles. The number of nitrogens with zero attached hydrogens (tertiary/aromatic N) is 3. The molecule has 1 aliphatic carbocycles. The van der Waals surface area contributed by atoms with E-state index in [1.54, 1.807) is 0 Å². The largest absolute Gasteiger partial charge is 0.370 e. The Hall–Kier alpha value is -1.32. The first-order valence-corrected chi connectivity index (χ1v) is 8.37. The molecule has 0 amide bonds. The van der Waals surface area contributed by atoms with Crippen molar-refractivity contribution in [2.75, 3.05) is 23.8 Å². The maximum Gasteiger partial charge on any atom is 0.135 e. The van der Waals surface area contributed by atoms with E-state index in [-0.39, 0.29) is 0 Å². The molecule has 118 valence electrons. The van der Waals surface area contributed by atoms with E-state index < -0.39 is 0 Å². The lowest BCUT2D eigenvalue weighted by molar-refractivity contribution is 0.340. The molecular formula is C17H30N4. The maximum absolute atomic E-state index is 4.78. The number of anilines is 2. The number of hydrogen-bond donors (Lipinski definition) is 1. The van der Waals surface area contributed by atoms with Crippen LogP contribution in [0.2, 0.25) is 0 Å². The second-order valence-electron chi connectivity index (χ2n) is 6.68. The highest BCUT2D eigenvalue weighted by molar-refractivity contribution is 5.50. The molecule has 0 atom stereocenters. The number of hydrogen-bond acceptors (Lipinski definition) is 4. The number of nitrogens with one attached hydrogen (secondary N) is 1. The highest BCUT2D eigenvalue weighted by Crippen LogP contribution is 2.29. The van der Waals surface area contributed by atoms with Crippen LogP contribution in [-0.4, -0.2) is 29.6 Å². The third kappa shape index (κ3) is 4.08. The lowest BCUT2D eigenvalue weighted by atomic mass is 9.87. The van der Waals surface area contributed by atoms with E-state index >= 15 is 0 Å². The standard InChI is InChI=1S/C17H30N4/c1-6-18-15-11-16(20-17(19-15)12(2)3)21(5)14-9-7-13(4)8-10-14/h11-14H,6-10H2,1-5H3,(H,18,19,20). The average Bonchev–Trinajstić information content (AvgIpc) is 2.47. The van der Waals surface area contributed by atoms with Crippen molar-refractivity contribution in [3.05, 3.63) is 11.9 Å². The molecule has 1 heterocycles. The molecule has 0 radical (unpaired) electrons. The van der Waals surface area contributed by atoms with Gasteiger partial charge in [0.1, 0.15) is 17.5 Å². The zero-order valence-electron chi connectivity index (χ0n) is 14.2. The summed E-state index contributed by atoms with van der Waals surface area (Å²) in [6.45, 7) is 9.65. The molecule has 4 nitrogen and oxygen atoms in total. The van der Waals surface area contributed by atoms with Crippen LogP contribution in [0.3, 0.4) is 0 Å². The minimum absolute atomic E-state index is 0.349. The van der Waals surface area contributed by atoms with E-state index in [9.17, 15) is 0 Å². The lowest BCUT2D eigenvalue weighted by Crippen LogP contribution is -2.35. The summed E-state index contributed by atoms with van der Waals surface area (Å²) in [5.41, 5.74) is 0. The summed E-state index contributed by atoms with van der Waals surface area (Å²) in [5.74, 6) is 4.16. The van der Waals surface area contributed by atoms with E-state index in [0.29, 0.717) is 12.0 Å². The van der Waals surface area contributed by atoms with Gasteiger partial charge in [-0.1, -0.05) is 20.8 Å². The second-order valence-corrected chi connectivity index (χ2v) is 6.68. The van der Waals surface area contributed by atoms with Gasteiger partial charge >= 0.3 is 0 Å². The Balaban J connectivity index is 2.20. The second kappa shape index (κ2) is 7.10. The van der Waals surface area contributed by atoms with Gasteiger partial charge in [-0.15, -0.1) is 0 Å². The molecule has 0 spiro atoms. The van der Waals surface area contributed by atoms with E-state index in [1.165, 1.54) is 25.7 Å². The van der Waals surface area contributed by atoms with Gasteiger partial charge < -0.3 is 10.2 Å². The van der Waals surface area contributed by atoms with Crippen LogP contribution in [0.5, 0.6) is 0 Å². The van der Waals surface area contributed by atoms with Crippen LogP contribution in [0, 0.1) is 5.92 Å². The molecule has 4 heteroatoms. The van der Waals surface area contributed by atoms with Crippen LogP contribution in [-0.2, 0) is 0 Å². The molecule has 0 bridgehead atoms. The summed E-state index contributed by atoms with van der Waals surface area (Å²) in [4.78, 5) is 11.8. The number of rotatable bonds is 5. The van der Waals surface area contributed by atoms with E-state index in [4.69, 9.17) is 4.98 Å². The molecular weight excluding hydrogens is 260 g/mol. The summed E-state index contributed by atoms with van der Waals surface area (Å²) < 4.78 is 0. The average molecular weight is 290 g/mol. The molecule has 0 saturated heterocycles. The van der Waals surface area contributed by atoms with Crippen molar-refractivity contribution in [2.45, 2.75) is 65.3 Å². The van der Waals surface area contributed by atoms with Crippen LogP contribution in [0.4, 0.5) is 11.6 Å². The van der Waals surface area contributed by atoms with Gasteiger partial charge in [0.05, 0.1) is 0 Å². The molecule has 1 N–H and O–H groups in total. The van der Waals surface area contributed by atoms with Gasteiger partial charge in [0.2, 0.25) is 0 Å². The highest BCUT2D eigenvalue weighted by atomic mass is 15.2. The first kappa shape index (κ1) is 16.1. The zero-order valence-corrected chi connectivity index (χ0v) is 14.2. The van der Waals surface area contributed by atoms with Gasteiger partial charge in [0, 0.05) is 31.6 Å². The van der Waals surface area contributed by atoms with Crippen molar-refractivity contribution < 1.29 is 0 Å². The smallest absolute Gasteiger partial charge is 0.135 e. The van der Waals surface area contributed by atoms with E-state index in [2.05, 4.69) is 56.0 Å². The van der Waals surface area contributed by atoms with Gasteiger partial charge in [-0.25, -0.2) is 9.97 Å². The Bertz CT molecular complexity index is 450. The molecule has 2 rings (SSSR count). The van der Waals surface area contributed by atoms with Gasteiger partial charge in [-0.3, -0.25) is 0 Å². The van der Waals surface area contributed by atoms with Crippen molar-refractivity contribution in [2.24, 2.45) is 5.92 Å². The fourth-order valence-corrected chi connectivity index (χ4v) is 2.98. The molecule has 1 aliphatic rings. The summed E-state index contributed by atoms with van der Waals surface area (Å²) in [6.07, 6.45) is 5.21. The Labute approximate surface area is 129 Å². The molecule has 1 saturated carbocycles. The summed E-state index contributed by atoms with van der Waals surface area (Å²) in [7, 11) is 2.18. The minimum atomic E-state index is 0.349. The van der Waals surface area contributed by atoms with Crippen molar-refractivity contribution in [3.63, 3.8) is 0 Å². The molecule has 0 aliphatic heterocycles. The minimum Gasteiger partial charge on any atom is -0.370 e. The maximum atomic E-state index is 4.78. The topological polar surface area (TPSA) is 41.0 Å². The Morgan fingerprint density at radius 1 is 1.24 bits per heavy atom. The monoisotopic (exact) mass is 290 g/mol. The van der Waals surface area contributed by atoms with Crippen LogP contribution >= 0.6 is 0 Å². The van der Waals surface area contributed by atoms with Crippen LogP contribution in [0.1, 0.15) is 65.1 Å². The summed E-state index contributed by atoms with van der Waals surface area (Å²) in [5, 5.41) is 3.33. The fourth-order valence-electron chi connectivity index (χ4n) is 2.98. The predicted molar refractivity (Wildman–Crippen MR) is 90.1 cm³/mol. The van der Waals surface area contributed by atoms with Gasteiger partial charge in [0.25, 0.3) is 0 Å². The Morgan fingerprint density at radius 3 is 2.48 bits per heavy atom. The normalized spacial score (nSPS) is 22.4. The first-order chi connectivity index (χ1) is 10.0. The predicted octanol–water partition coefficient (Wildman–Crippen LogP) is 4.05. The van der Waals surface area contributed by atoms with Crippen LogP contribution < -0.4 is 10.2 Å². The van der Waals surface area contributed by atoms with Crippen LogP contribution in [0.15, 0.2) is 6.07 Å². The van der Waals surface area contributed by atoms with Gasteiger partial charge in [0.15, 0.2) is 0 Å². The van der Waals surface area contributed by atoms with E-state index in [0.717, 1.165) is 29.9 Å². The first-order valence-electron chi connectivity index (χ1n) is 8.37. The Morgan fingerprint density at radius 2 is 1.90 bits per heavy atom. The molecule has 21 heavy (non-hydrogen) atoms. The van der Waals surface area contributed by atoms with Crippen molar-refractivity contribution in [1.29, 1.82) is 0 Å². The third-order valence-corrected chi connectivity index (χ3v) is 4.50. The number of aromatic nitrogens is 2. The SMILES string of the molecule is CCNc1cc(N(C)C2CCC(C)CC2)nc(C(C)C)n1. The molecule has 1 aromatic rings. The lowest BCUT2D eigenvalue weighted by Gasteiger charge is -2.34. The third-order valence-electron chi connectivity index (χ3n) is 4.50. The molecule has 0 unspecified atom stereocenters. The fraction of sp³-hybridized carbons (Fsp3) is 0.765. The van der Waals surface area contributed by atoms with Crippen molar-refractivity contribution >= 4 is 11.6 Å². The van der Waals surface area contributed by atoms with Crippen LogP contribution in [0.25, 0.3) is 0 Å². The van der Waals surface area contributed by atoms with E-state index in [1.807, 2.05) is 0 Å². The quantitative estimate of drug-likeness (QED) is 0.888. The Kier molecular flexibility index (Phi) is 5.43. The van der Waals surface area contributed by atoms with Gasteiger partial charge in [-0.2, -0.15) is 0 Å².